The molecule has 7 heteroatoms. The van der Waals surface area contributed by atoms with Crippen molar-refractivity contribution in [1.29, 1.82) is 0 Å². The molecular formula is C23H40AcO6. The molecule has 0 aromatic heterocycles. The Balaban J connectivity index is 0.00000450. The zero-order valence-corrected chi connectivity index (χ0v) is 23.5. The smallest absolute Gasteiger partial charge is 0.306 e. The zero-order chi connectivity index (χ0) is 21.1. The molecule has 2 N–H and O–H groups in total. The summed E-state index contributed by atoms with van der Waals surface area (Å²) in [7, 11) is 0. The van der Waals surface area contributed by atoms with Crippen molar-refractivity contribution < 1.29 is 73.3 Å². The molecule has 6 nitrogen and oxygen atoms in total. The van der Waals surface area contributed by atoms with Gasteiger partial charge in [0, 0.05) is 76.0 Å². The van der Waals surface area contributed by atoms with Crippen LogP contribution >= 0.6 is 0 Å². The molecule has 5 atom stereocenters. The second-order valence-electron chi connectivity index (χ2n) is 8.63. The predicted molar refractivity (Wildman–Crippen MR) is 111 cm³/mol. The fourth-order valence-electron chi connectivity index (χ4n) is 4.30. The Morgan fingerprint density at radius 1 is 1.17 bits per heavy atom. The number of carbonyl (C=O) groups excluding carboxylic acids is 1. The van der Waals surface area contributed by atoms with E-state index in [4.69, 9.17) is 14.2 Å². The van der Waals surface area contributed by atoms with Crippen molar-refractivity contribution in [3.8, 4) is 0 Å². The Hall–Kier alpha value is 0.492. The number of hydrogen-bond donors (Lipinski definition) is 2. The van der Waals surface area contributed by atoms with E-state index in [1.807, 2.05) is 13.8 Å². The van der Waals surface area contributed by atoms with Gasteiger partial charge in [0.2, 0.25) is 0 Å². The fourth-order valence-corrected chi connectivity index (χ4v) is 4.30. The van der Waals surface area contributed by atoms with Crippen LogP contribution < -0.4 is 0 Å². The van der Waals surface area contributed by atoms with Gasteiger partial charge in [0.25, 0.3) is 0 Å². The van der Waals surface area contributed by atoms with Gasteiger partial charge in [0.15, 0.2) is 6.29 Å². The number of hydrogen-bond acceptors (Lipinski definition) is 6. The van der Waals surface area contributed by atoms with Gasteiger partial charge in [-0.1, -0.05) is 18.6 Å². The van der Waals surface area contributed by atoms with Crippen molar-refractivity contribution in [1.82, 2.24) is 0 Å². The van der Waals surface area contributed by atoms with E-state index in [-0.39, 0.29) is 87.0 Å². The van der Waals surface area contributed by atoms with Crippen LogP contribution in [0.15, 0.2) is 12.2 Å². The third-order valence-electron chi connectivity index (χ3n) is 5.86. The van der Waals surface area contributed by atoms with Gasteiger partial charge in [-0.2, -0.15) is 0 Å². The van der Waals surface area contributed by atoms with Crippen LogP contribution in [-0.2, 0) is 19.0 Å². The third-order valence-corrected chi connectivity index (χ3v) is 5.86. The van der Waals surface area contributed by atoms with Gasteiger partial charge in [-0.15, -0.1) is 0 Å². The van der Waals surface area contributed by atoms with Crippen LogP contribution in [0.25, 0.3) is 0 Å². The summed E-state index contributed by atoms with van der Waals surface area (Å²) in [5.74, 6) is -0.140. The molecule has 1 heterocycles. The minimum Gasteiger partial charge on any atom is -0.463 e. The second-order valence-corrected chi connectivity index (χ2v) is 8.63. The first-order valence-corrected chi connectivity index (χ1v) is 11.4. The first-order valence-electron chi connectivity index (χ1n) is 11.4. The molecule has 2 fully saturated rings. The number of carbonyl (C=O) groups is 1. The number of unbranched alkanes of at least 4 members (excludes halogenated alkanes) is 3. The molecule has 1 radical (unpaired) electrons. The van der Waals surface area contributed by atoms with Crippen molar-refractivity contribution in [2.75, 3.05) is 13.2 Å². The topological polar surface area (TPSA) is 85.2 Å². The number of ether oxygens (including phenoxy) is 3. The molecule has 0 spiro atoms. The first-order chi connectivity index (χ1) is 14.0. The number of rotatable bonds is 12. The van der Waals surface area contributed by atoms with Gasteiger partial charge in [-0.3, -0.25) is 4.79 Å². The summed E-state index contributed by atoms with van der Waals surface area (Å²) >= 11 is 0. The molecule has 0 bridgehead atoms. The van der Waals surface area contributed by atoms with Crippen LogP contribution in [-0.4, -0.2) is 54.0 Å². The van der Waals surface area contributed by atoms with Crippen LogP contribution in [0.5, 0.6) is 0 Å². The molecule has 1 saturated carbocycles. The monoisotopic (exact) mass is 639 g/mol. The maximum Gasteiger partial charge on any atom is 0.306 e. The van der Waals surface area contributed by atoms with Gasteiger partial charge in [0.1, 0.15) is 0 Å². The van der Waals surface area contributed by atoms with Crippen molar-refractivity contribution in [2.45, 2.75) is 103 Å². The van der Waals surface area contributed by atoms with Crippen molar-refractivity contribution in [3.63, 3.8) is 0 Å². The Kier molecular flexibility index (Phi) is 15.4. The van der Waals surface area contributed by atoms with Gasteiger partial charge < -0.3 is 24.4 Å². The summed E-state index contributed by atoms with van der Waals surface area (Å²) in [4.78, 5) is 11.5. The molecule has 1 saturated heterocycles. The zero-order valence-electron chi connectivity index (χ0n) is 18.7. The number of aliphatic hydroxyl groups is 2. The van der Waals surface area contributed by atoms with E-state index in [2.05, 4.69) is 12.2 Å². The van der Waals surface area contributed by atoms with Crippen LogP contribution in [0.4, 0.5) is 0 Å². The molecule has 2 aliphatic rings. The summed E-state index contributed by atoms with van der Waals surface area (Å²) in [6, 6.07) is 0. The van der Waals surface area contributed by atoms with Crippen molar-refractivity contribution in [2.24, 2.45) is 11.8 Å². The molecule has 171 valence electrons. The van der Waals surface area contributed by atoms with E-state index in [9.17, 15) is 15.0 Å². The largest absolute Gasteiger partial charge is 0.463 e. The van der Waals surface area contributed by atoms with E-state index in [0.717, 1.165) is 58.0 Å². The summed E-state index contributed by atoms with van der Waals surface area (Å²) in [6.07, 6.45) is 12.2. The first kappa shape index (κ1) is 28.5. The van der Waals surface area contributed by atoms with Crippen molar-refractivity contribution >= 4 is 5.97 Å². The Bertz CT molecular complexity index is 492. The minimum absolute atomic E-state index is 0. The molecule has 2 rings (SSSR count). The normalized spacial score (nSPS) is 29.3. The number of allylic oxidation sites excluding steroid dienone is 2. The van der Waals surface area contributed by atoms with Gasteiger partial charge in [0.05, 0.1) is 18.3 Å². The second kappa shape index (κ2) is 16.2. The van der Waals surface area contributed by atoms with E-state index in [0.29, 0.717) is 12.8 Å². The summed E-state index contributed by atoms with van der Waals surface area (Å²) in [5, 5.41) is 20.3. The Morgan fingerprint density at radius 2 is 1.97 bits per heavy atom. The fraction of sp³-hybridized carbons (Fsp3) is 0.870. The number of aliphatic hydroxyl groups excluding tert-OH is 2. The molecule has 1 aliphatic carbocycles. The van der Waals surface area contributed by atoms with Gasteiger partial charge >= 0.3 is 5.97 Å². The molecule has 0 amide bonds. The quantitative estimate of drug-likeness (QED) is 0.193. The van der Waals surface area contributed by atoms with E-state index in [1.54, 1.807) is 0 Å². The SMILES string of the molecule is CC(C)OC(=O)CCCCC/C=C\CC1C(O)CC(OC2CCCCO2)[C@@H]1CO.[Ac]. The third kappa shape index (κ3) is 10.4. The molecule has 0 aromatic carbocycles. The molecule has 1 aliphatic heterocycles. The van der Waals surface area contributed by atoms with E-state index in [1.165, 1.54) is 0 Å². The molecule has 4 unspecified atom stereocenters. The van der Waals surface area contributed by atoms with Crippen LogP contribution in [0.2, 0.25) is 0 Å². The molecule has 30 heavy (non-hydrogen) atoms. The van der Waals surface area contributed by atoms with Gasteiger partial charge in [-0.25, -0.2) is 0 Å². The van der Waals surface area contributed by atoms with Gasteiger partial charge in [-0.05, 0) is 64.7 Å². The van der Waals surface area contributed by atoms with Crippen LogP contribution in [0.1, 0.15) is 78.1 Å². The van der Waals surface area contributed by atoms with E-state index >= 15 is 0 Å². The summed E-state index contributed by atoms with van der Waals surface area (Å²) in [5.41, 5.74) is 0. The predicted octanol–water partition coefficient (Wildman–Crippen LogP) is 3.74. The summed E-state index contributed by atoms with van der Waals surface area (Å²) in [6.45, 7) is 4.49. The maximum atomic E-state index is 11.5. The number of esters is 1. The Morgan fingerprint density at radius 3 is 2.63 bits per heavy atom. The van der Waals surface area contributed by atoms with Crippen molar-refractivity contribution in [3.05, 3.63) is 12.2 Å². The standard InChI is InChI=1S/C23H40O6.Ac/c1-17(2)28-22(26)12-8-6-4-3-5-7-11-18-19(16-24)21(15-20(18)25)29-23-13-9-10-14-27-23;/h5,7,17-21,23-25H,3-4,6,8-16H2,1-2H3;/b7-5-;/t18?,19-,20?,21?,23?;/m1./s1. The molecular weight excluding hydrogens is 599 g/mol. The average molecular weight is 640 g/mol. The van der Waals surface area contributed by atoms with Crippen LogP contribution in [0.3, 0.4) is 0 Å². The molecule has 0 aromatic rings. The summed E-state index contributed by atoms with van der Waals surface area (Å²) < 4.78 is 16.8. The Labute approximate surface area is 217 Å². The van der Waals surface area contributed by atoms with Crippen LogP contribution in [0, 0.1) is 55.9 Å². The maximum absolute atomic E-state index is 11.5. The van der Waals surface area contributed by atoms with E-state index < -0.39 is 6.10 Å². The average Bonchev–Trinajstić information content (AvgIpc) is 2.98. The minimum atomic E-state index is -0.447.